The molecule has 1 saturated carbocycles. The average Bonchev–Trinajstić information content (AvgIpc) is 3.34. The van der Waals surface area contributed by atoms with Gasteiger partial charge in [-0.05, 0) is 49.8 Å². The zero-order chi connectivity index (χ0) is 20.1. The quantitative estimate of drug-likeness (QED) is 0.634. The molecule has 28 heavy (non-hydrogen) atoms. The molecule has 1 aromatic carbocycles. The molecule has 0 spiro atoms. The van der Waals surface area contributed by atoms with Crippen molar-refractivity contribution in [2.45, 2.75) is 38.3 Å². The lowest BCUT2D eigenvalue weighted by atomic mass is 10.2. The summed E-state index contributed by atoms with van der Waals surface area (Å²) in [7, 11) is 0. The van der Waals surface area contributed by atoms with Crippen LogP contribution >= 0.6 is 0 Å². The Morgan fingerprint density at radius 3 is 2.71 bits per heavy atom. The lowest BCUT2D eigenvalue weighted by Crippen LogP contribution is -2.19. The van der Waals surface area contributed by atoms with Gasteiger partial charge in [0.15, 0.2) is 18.1 Å². The largest absolute Gasteiger partial charge is 0.489 e. The van der Waals surface area contributed by atoms with Crippen LogP contribution in [0, 0.1) is 5.92 Å². The van der Waals surface area contributed by atoms with E-state index in [-0.39, 0.29) is 23.8 Å². The molecule has 2 aromatic rings. The topological polar surface area (TPSA) is 81.8 Å². The second-order valence-electron chi connectivity index (χ2n) is 6.71. The van der Waals surface area contributed by atoms with Gasteiger partial charge in [-0.2, -0.15) is 13.2 Å². The third-order valence-corrected chi connectivity index (χ3v) is 4.13. The van der Waals surface area contributed by atoms with Gasteiger partial charge in [-0.3, -0.25) is 4.79 Å². The van der Waals surface area contributed by atoms with Crippen LogP contribution in [-0.4, -0.2) is 35.4 Å². The zero-order valence-electron chi connectivity index (χ0n) is 15.0. The molecule has 0 saturated heterocycles. The molecular weight excluding hydrogens is 379 g/mol. The van der Waals surface area contributed by atoms with Crippen molar-refractivity contribution in [1.29, 1.82) is 0 Å². The molecule has 6 nitrogen and oxygen atoms in total. The molecule has 0 aliphatic heterocycles. The van der Waals surface area contributed by atoms with Crippen molar-refractivity contribution in [2.24, 2.45) is 5.92 Å². The molecule has 0 amide bonds. The fraction of sp³-hybridized carbons (Fsp3) is 0.474. The summed E-state index contributed by atoms with van der Waals surface area (Å²) in [5, 5.41) is 8.68. The van der Waals surface area contributed by atoms with Gasteiger partial charge in [0, 0.05) is 12.0 Å². The summed E-state index contributed by atoms with van der Waals surface area (Å²) in [6.45, 7) is -0.989. The molecule has 1 aliphatic carbocycles. The predicted octanol–water partition coefficient (Wildman–Crippen LogP) is 4.48. The van der Waals surface area contributed by atoms with Gasteiger partial charge < -0.3 is 19.0 Å². The number of hydrogen-bond donors (Lipinski definition) is 1. The molecular formula is C19H20F3NO5. The molecule has 1 N–H and O–H groups in total. The van der Waals surface area contributed by atoms with Gasteiger partial charge in [0.25, 0.3) is 0 Å². The number of oxazole rings is 1. The Bertz CT molecular complexity index is 814. The summed E-state index contributed by atoms with van der Waals surface area (Å²) in [4.78, 5) is 14.9. The average molecular weight is 399 g/mol. The van der Waals surface area contributed by atoms with Crippen molar-refractivity contribution in [3.63, 3.8) is 0 Å². The Labute approximate surface area is 159 Å². The number of nitrogens with zero attached hydrogens (tertiary/aromatic N) is 1. The Kier molecular flexibility index (Phi) is 6.11. The van der Waals surface area contributed by atoms with E-state index in [9.17, 15) is 18.0 Å². The van der Waals surface area contributed by atoms with Crippen LogP contribution < -0.4 is 9.47 Å². The number of ether oxygens (including phenoxy) is 2. The van der Waals surface area contributed by atoms with Gasteiger partial charge >= 0.3 is 12.1 Å². The van der Waals surface area contributed by atoms with E-state index in [4.69, 9.17) is 19.0 Å². The number of rotatable bonds is 10. The van der Waals surface area contributed by atoms with Crippen molar-refractivity contribution in [1.82, 2.24) is 4.98 Å². The first kappa shape index (κ1) is 20.0. The number of carboxylic acid groups (broad SMARTS) is 1. The first-order valence-electron chi connectivity index (χ1n) is 8.93. The summed E-state index contributed by atoms with van der Waals surface area (Å²) in [6, 6.07) is 4.49. The minimum absolute atomic E-state index is 0.00922. The highest BCUT2D eigenvalue weighted by Crippen LogP contribution is 2.36. The molecule has 1 aromatic heterocycles. The third kappa shape index (κ3) is 6.17. The fourth-order valence-corrected chi connectivity index (χ4v) is 2.50. The van der Waals surface area contributed by atoms with E-state index in [1.54, 1.807) is 12.1 Å². The van der Waals surface area contributed by atoms with E-state index in [1.807, 2.05) is 0 Å². The van der Waals surface area contributed by atoms with E-state index in [2.05, 4.69) is 4.98 Å². The lowest BCUT2D eigenvalue weighted by molar-refractivity contribution is -0.153. The first-order chi connectivity index (χ1) is 13.3. The minimum Gasteiger partial charge on any atom is -0.489 e. The van der Waals surface area contributed by atoms with Crippen LogP contribution in [0.1, 0.15) is 31.4 Å². The number of alkyl halides is 3. The second-order valence-corrected chi connectivity index (χ2v) is 6.71. The normalized spacial score (nSPS) is 14.1. The molecule has 1 heterocycles. The van der Waals surface area contributed by atoms with E-state index >= 15 is 0 Å². The number of aromatic nitrogens is 1. The highest BCUT2D eigenvalue weighted by Gasteiger charge is 2.29. The van der Waals surface area contributed by atoms with Crippen LogP contribution in [0.3, 0.4) is 0 Å². The van der Waals surface area contributed by atoms with Crippen LogP contribution in [0.2, 0.25) is 0 Å². The van der Waals surface area contributed by atoms with Crippen LogP contribution in [0.5, 0.6) is 11.5 Å². The SMILES string of the molecule is O=C(O)CCCc1coc(-c2ccc(OCC(F)(F)F)c(OCC3CC3)c2)n1. The van der Waals surface area contributed by atoms with Crippen molar-refractivity contribution in [2.75, 3.05) is 13.2 Å². The van der Waals surface area contributed by atoms with Crippen molar-refractivity contribution < 1.29 is 37.0 Å². The van der Waals surface area contributed by atoms with Crippen LogP contribution in [0.4, 0.5) is 13.2 Å². The predicted molar refractivity (Wildman–Crippen MR) is 92.3 cm³/mol. The highest BCUT2D eigenvalue weighted by molar-refractivity contribution is 5.66. The van der Waals surface area contributed by atoms with Crippen molar-refractivity contribution in [3.05, 3.63) is 30.2 Å². The molecule has 0 bridgehead atoms. The molecule has 1 fully saturated rings. The monoisotopic (exact) mass is 399 g/mol. The first-order valence-corrected chi connectivity index (χ1v) is 8.93. The summed E-state index contributed by atoms with van der Waals surface area (Å²) in [5.41, 5.74) is 1.14. The number of hydrogen-bond acceptors (Lipinski definition) is 5. The number of aryl methyl sites for hydroxylation is 1. The number of aliphatic carboxylic acids is 1. The Hall–Kier alpha value is -2.71. The molecule has 9 heteroatoms. The van der Waals surface area contributed by atoms with E-state index in [0.29, 0.717) is 36.6 Å². The van der Waals surface area contributed by atoms with Gasteiger partial charge in [0.1, 0.15) is 6.26 Å². The maximum absolute atomic E-state index is 12.5. The Morgan fingerprint density at radius 1 is 1.25 bits per heavy atom. The van der Waals surface area contributed by atoms with Crippen LogP contribution in [0.25, 0.3) is 11.5 Å². The summed E-state index contributed by atoms with van der Waals surface area (Å²) >= 11 is 0. The van der Waals surface area contributed by atoms with E-state index in [0.717, 1.165) is 12.8 Å². The highest BCUT2D eigenvalue weighted by atomic mass is 19.4. The Morgan fingerprint density at radius 2 is 2.04 bits per heavy atom. The number of carboxylic acids is 1. The van der Waals surface area contributed by atoms with Gasteiger partial charge in [-0.25, -0.2) is 4.98 Å². The van der Waals surface area contributed by atoms with E-state index < -0.39 is 18.8 Å². The molecule has 0 unspecified atom stereocenters. The fourth-order valence-electron chi connectivity index (χ4n) is 2.50. The molecule has 1 aliphatic rings. The maximum Gasteiger partial charge on any atom is 0.422 e. The number of halogens is 3. The van der Waals surface area contributed by atoms with E-state index in [1.165, 1.54) is 12.3 Å². The van der Waals surface area contributed by atoms with Gasteiger partial charge in [0.05, 0.1) is 12.3 Å². The lowest BCUT2D eigenvalue weighted by Gasteiger charge is -2.14. The minimum atomic E-state index is -4.44. The van der Waals surface area contributed by atoms with Crippen LogP contribution in [0.15, 0.2) is 28.9 Å². The molecule has 3 rings (SSSR count). The maximum atomic E-state index is 12.5. The summed E-state index contributed by atoms with van der Waals surface area (Å²) in [5.74, 6) is 0.0375. The number of carbonyl (C=O) groups is 1. The molecule has 152 valence electrons. The molecule has 0 radical (unpaired) electrons. The van der Waals surface area contributed by atoms with Gasteiger partial charge in [-0.15, -0.1) is 0 Å². The summed E-state index contributed by atoms with van der Waals surface area (Å²) < 4.78 is 53.4. The number of benzene rings is 1. The smallest absolute Gasteiger partial charge is 0.422 e. The third-order valence-electron chi connectivity index (χ3n) is 4.13. The van der Waals surface area contributed by atoms with Gasteiger partial charge in [0.2, 0.25) is 5.89 Å². The van der Waals surface area contributed by atoms with Crippen LogP contribution in [-0.2, 0) is 11.2 Å². The van der Waals surface area contributed by atoms with Crippen molar-refractivity contribution in [3.8, 4) is 23.0 Å². The molecule has 0 atom stereocenters. The van der Waals surface area contributed by atoms with Gasteiger partial charge in [-0.1, -0.05) is 0 Å². The summed E-state index contributed by atoms with van der Waals surface area (Å²) in [6.07, 6.45) is -0.00689. The second kappa shape index (κ2) is 8.53. The standard InChI is InChI=1S/C19H20F3NO5/c20-19(21,22)11-28-15-7-6-13(8-16(15)26-9-12-4-5-12)18-23-14(10-27-18)2-1-3-17(24)25/h6-8,10,12H,1-5,9,11H2,(H,24,25). The van der Waals surface area contributed by atoms with Crippen molar-refractivity contribution >= 4 is 5.97 Å². The zero-order valence-corrected chi connectivity index (χ0v) is 15.0. The Balaban J connectivity index is 1.72.